The molecule has 0 aliphatic heterocycles. The average molecular weight is 792 g/mol. The third-order valence-electron chi connectivity index (χ3n) is 10.3. The van der Waals surface area contributed by atoms with E-state index >= 15 is 0 Å². The summed E-state index contributed by atoms with van der Waals surface area (Å²) >= 11 is 0. The second-order valence-electron chi connectivity index (χ2n) is 15.0. The lowest BCUT2D eigenvalue weighted by Gasteiger charge is -2.21. The van der Waals surface area contributed by atoms with Gasteiger partial charge < -0.3 is 26.2 Å². The lowest BCUT2D eigenvalue weighted by atomic mass is 9.84. The van der Waals surface area contributed by atoms with Crippen molar-refractivity contribution in [3.63, 3.8) is 0 Å². The number of carboxylic acids is 2. The van der Waals surface area contributed by atoms with Crippen molar-refractivity contribution < 1.29 is 43.8 Å². The molecule has 0 bridgehead atoms. The summed E-state index contributed by atoms with van der Waals surface area (Å²) < 4.78 is 0. The number of nitrogens with one attached hydrogen (secondary N) is 3. The monoisotopic (exact) mass is 791 g/mol. The molecule has 0 aromatic heterocycles. The van der Waals surface area contributed by atoms with Crippen LogP contribution in [0.15, 0.2) is 97.1 Å². The molecule has 0 radical (unpaired) electrons. The molecule has 4 aromatic rings. The lowest BCUT2D eigenvalue weighted by molar-refractivity contribution is -0.154. The Kier molecular flexibility index (Phi) is 16.4. The number of aliphatic carboxylic acids is 2. The lowest BCUT2D eigenvalue weighted by Crippen LogP contribution is -2.30. The minimum atomic E-state index is -1.12. The van der Waals surface area contributed by atoms with Crippen LogP contribution in [0, 0.1) is 16.7 Å². The van der Waals surface area contributed by atoms with Crippen LogP contribution >= 0.6 is 0 Å². The van der Waals surface area contributed by atoms with Crippen molar-refractivity contribution in [2.24, 2.45) is 16.7 Å². The van der Waals surface area contributed by atoms with Crippen LogP contribution < -0.4 is 16.0 Å². The third-order valence-corrected chi connectivity index (χ3v) is 10.3. The van der Waals surface area contributed by atoms with Crippen molar-refractivity contribution in [3.05, 3.63) is 130 Å². The van der Waals surface area contributed by atoms with E-state index in [2.05, 4.69) is 16.0 Å². The van der Waals surface area contributed by atoms with Gasteiger partial charge in [0, 0.05) is 57.1 Å². The van der Waals surface area contributed by atoms with Crippen LogP contribution in [0.1, 0.15) is 122 Å². The fourth-order valence-electron chi connectivity index (χ4n) is 5.41. The molecule has 5 rings (SSSR count). The number of hydrogen-bond donors (Lipinski definition) is 5. The number of carbonyl (C=O) groups excluding carboxylic acids is 5. The minimum Gasteiger partial charge on any atom is -0.481 e. The summed E-state index contributed by atoms with van der Waals surface area (Å²) in [5.41, 5.74) is 2.11. The Hall–Kier alpha value is -6.43. The predicted octanol–water partition coefficient (Wildman–Crippen LogP) is 8.40. The second-order valence-corrected chi connectivity index (χ2v) is 15.0. The van der Waals surface area contributed by atoms with Crippen LogP contribution in [0.25, 0.3) is 0 Å². The Bertz CT molecular complexity index is 2150. The van der Waals surface area contributed by atoms with Gasteiger partial charge in [-0.15, -0.1) is 0 Å². The van der Waals surface area contributed by atoms with Crippen molar-refractivity contribution in [1.82, 2.24) is 5.32 Å². The summed E-state index contributed by atoms with van der Waals surface area (Å²) in [5, 5.41) is 25.5. The highest BCUT2D eigenvalue weighted by atomic mass is 16.4. The number of benzene rings is 4. The summed E-state index contributed by atoms with van der Waals surface area (Å²) in [4.78, 5) is 83.1. The molecule has 12 heteroatoms. The summed E-state index contributed by atoms with van der Waals surface area (Å²) in [7, 11) is 0. The highest BCUT2D eigenvalue weighted by Gasteiger charge is 2.33. The molecule has 0 spiro atoms. The van der Waals surface area contributed by atoms with E-state index in [1.807, 2.05) is 65.0 Å². The van der Waals surface area contributed by atoms with Gasteiger partial charge in [-0.3, -0.25) is 33.6 Å². The fraction of sp³-hybridized carbons (Fsp3) is 0.326. The van der Waals surface area contributed by atoms with Crippen LogP contribution in [0.3, 0.4) is 0 Å². The highest BCUT2D eigenvalue weighted by molar-refractivity contribution is 6.28. The maximum absolute atomic E-state index is 12.9. The number of carboxylic acid groups (broad SMARTS) is 2. The van der Waals surface area contributed by atoms with Gasteiger partial charge >= 0.3 is 11.9 Å². The van der Waals surface area contributed by atoms with Gasteiger partial charge in [-0.25, -0.2) is 0 Å². The molecule has 5 N–H and O–H groups in total. The molecule has 2 atom stereocenters. The van der Waals surface area contributed by atoms with Gasteiger partial charge in [0.2, 0.25) is 11.8 Å². The van der Waals surface area contributed by atoms with Crippen molar-refractivity contribution >= 4 is 52.6 Å². The normalized spacial score (nSPS) is 13.0. The maximum atomic E-state index is 12.9. The Morgan fingerprint density at radius 2 is 1.22 bits per heavy atom. The van der Waals surface area contributed by atoms with Gasteiger partial charge in [-0.2, -0.15) is 0 Å². The predicted molar refractivity (Wildman–Crippen MR) is 223 cm³/mol. The summed E-state index contributed by atoms with van der Waals surface area (Å²) in [5.74, 6) is -2.86. The van der Waals surface area contributed by atoms with Crippen molar-refractivity contribution in [2.75, 3.05) is 10.6 Å². The third kappa shape index (κ3) is 12.3. The number of anilines is 2. The number of rotatable bonds is 13. The van der Waals surface area contributed by atoms with Crippen LogP contribution in [-0.4, -0.2) is 51.4 Å². The van der Waals surface area contributed by atoms with Crippen molar-refractivity contribution in [2.45, 2.75) is 80.7 Å². The van der Waals surface area contributed by atoms with Gasteiger partial charge in [0.05, 0.1) is 11.8 Å². The summed E-state index contributed by atoms with van der Waals surface area (Å²) in [6, 6.07) is 28.0. The van der Waals surface area contributed by atoms with E-state index in [1.54, 1.807) is 67.6 Å². The summed E-state index contributed by atoms with van der Waals surface area (Å²) in [6.07, 6.45) is 1.58. The molecule has 0 saturated heterocycles. The van der Waals surface area contributed by atoms with Crippen LogP contribution in [0.2, 0.25) is 0 Å². The number of carbonyl (C=O) groups is 7. The first kappa shape index (κ1) is 46.0. The van der Waals surface area contributed by atoms with Crippen molar-refractivity contribution in [1.29, 1.82) is 0 Å². The van der Waals surface area contributed by atoms with Gasteiger partial charge in [-0.05, 0) is 68.1 Å². The molecule has 306 valence electrons. The van der Waals surface area contributed by atoms with Crippen LogP contribution in [0.5, 0.6) is 0 Å². The molecule has 12 nitrogen and oxygen atoms in total. The number of amides is 3. The minimum absolute atomic E-state index is 0.110. The van der Waals surface area contributed by atoms with Gasteiger partial charge in [-0.1, -0.05) is 102 Å². The maximum Gasteiger partial charge on any atom is 0.309 e. The molecule has 1 aliphatic carbocycles. The zero-order valence-corrected chi connectivity index (χ0v) is 34.1. The van der Waals surface area contributed by atoms with Crippen molar-refractivity contribution in [3.8, 4) is 0 Å². The molecule has 0 saturated carbocycles. The molecular weight excluding hydrogens is 739 g/mol. The van der Waals surface area contributed by atoms with Gasteiger partial charge in [0.15, 0.2) is 11.6 Å². The van der Waals surface area contributed by atoms with E-state index in [0.29, 0.717) is 53.0 Å². The molecule has 58 heavy (non-hydrogen) atoms. The van der Waals surface area contributed by atoms with E-state index in [4.69, 9.17) is 10.2 Å². The molecule has 3 amide bonds. The van der Waals surface area contributed by atoms with Crippen LogP contribution in [-0.2, 0) is 25.7 Å². The summed E-state index contributed by atoms with van der Waals surface area (Å²) in [6.45, 7) is 13.4. The second kappa shape index (κ2) is 20.7. The fourth-order valence-corrected chi connectivity index (χ4v) is 5.41. The molecule has 0 heterocycles. The van der Waals surface area contributed by atoms with E-state index in [1.165, 1.54) is 13.0 Å². The number of ketones is 2. The van der Waals surface area contributed by atoms with E-state index < -0.39 is 28.7 Å². The highest BCUT2D eigenvalue weighted by Crippen LogP contribution is 2.30. The molecule has 1 aliphatic rings. The smallest absolute Gasteiger partial charge is 0.309 e. The zero-order valence-electron chi connectivity index (χ0n) is 34.1. The SMILES string of the molecule is CCC(C)(C)C(=O)Nc1cccc(C(=O)Nc2ccc3c(c2)C(=O)c2ccccc2C3=O)c1.CCC(C)(CC(=O)O)C(=O)O.CCC(C)C(=O)NCc1ccccc1. The van der Waals surface area contributed by atoms with Gasteiger partial charge in [0.1, 0.15) is 0 Å². The first-order valence-electron chi connectivity index (χ1n) is 19.2. The van der Waals surface area contributed by atoms with E-state index in [0.717, 1.165) is 12.0 Å². The van der Waals surface area contributed by atoms with Crippen LogP contribution in [0.4, 0.5) is 11.4 Å². The number of hydrogen-bond acceptors (Lipinski definition) is 7. The largest absolute Gasteiger partial charge is 0.481 e. The topological polar surface area (TPSA) is 196 Å². The first-order chi connectivity index (χ1) is 27.4. The van der Waals surface area contributed by atoms with Gasteiger partial charge in [0.25, 0.3) is 5.91 Å². The first-order valence-corrected chi connectivity index (χ1v) is 19.2. The quantitative estimate of drug-likeness (QED) is 0.0778. The Balaban J connectivity index is 0.000000296. The van der Waals surface area contributed by atoms with E-state index in [9.17, 15) is 33.6 Å². The zero-order chi connectivity index (χ0) is 43.2. The standard InChI is InChI=1S/C27H24N2O4.C12H17NO.C7H12O4/c1-4-27(2,3)26(33)29-17-9-7-8-16(14-17)25(32)28-18-12-13-21-22(15-18)24(31)20-11-6-5-10-19(20)23(21)30;1-3-10(2)12(14)13-9-11-7-5-4-6-8-11;1-3-7(2,6(10)11)4-5(8)9/h5-15H,4H2,1-3H3,(H,28,32)(H,29,33);4-8,10H,3,9H2,1-2H3,(H,13,14);3-4H2,1-2H3,(H,8,9)(H,10,11). The molecule has 4 aromatic carbocycles. The molecule has 0 fully saturated rings. The number of fused-ring (bicyclic) bond motifs is 2. The Morgan fingerprint density at radius 1 is 0.655 bits per heavy atom. The Labute approximate surface area is 339 Å². The Morgan fingerprint density at radius 3 is 1.76 bits per heavy atom. The molecule has 2 unspecified atom stereocenters. The van der Waals surface area contributed by atoms with E-state index in [-0.39, 0.29) is 41.3 Å². The average Bonchev–Trinajstić information content (AvgIpc) is 3.22. The molecular formula is C46H53N3O9.